The zero-order valence-corrected chi connectivity index (χ0v) is 13.1. The van der Waals surface area contributed by atoms with Gasteiger partial charge in [-0.2, -0.15) is 0 Å². The zero-order valence-electron chi connectivity index (χ0n) is 11.6. The Balaban J connectivity index is 2.04. The van der Waals surface area contributed by atoms with Crippen LogP contribution in [0, 0.1) is 0 Å². The summed E-state index contributed by atoms with van der Waals surface area (Å²) in [4.78, 5) is 12.1. The van der Waals surface area contributed by atoms with Gasteiger partial charge in [-0.3, -0.25) is 4.79 Å². The van der Waals surface area contributed by atoms with Gasteiger partial charge in [-0.15, -0.1) is 0 Å². The van der Waals surface area contributed by atoms with Gasteiger partial charge in [-0.1, -0.05) is 30.1 Å². The molecule has 0 saturated carbocycles. The minimum absolute atomic E-state index is 0.185. The number of carbonyl (C=O) groups is 1. The zero-order chi connectivity index (χ0) is 15.2. The molecule has 110 valence electrons. The third-order valence-electron chi connectivity index (χ3n) is 2.90. The summed E-state index contributed by atoms with van der Waals surface area (Å²) < 4.78 is 0. The molecule has 0 bridgehead atoms. The normalized spacial score (nSPS) is 10.2. The maximum absolute atomic E-state index is 12.1. The van der Waals surface area contributed by atoms with Crippen LogP contribution in [-0.2, 0) is 0 Å². The maximum Gasteiger partial charge on any atom is 0.255 e. The molecule has 0 saturated heterocycles. The second-order valence-corrected chi connectivity index (χ2v) is 5.40. The number of anilines is 2. The Morgan fingerprint density at radius 2 is 1.67 bits per heavy atom. The second-order valence-electron chi connectivity index (χ2n) is 4.59. The first kappa shape index (κ1) is 15.7. The predicted octanol–water partition coefficient (Wildman–Crippen LogP) is 5.07. The second kappa shape index (κ2) is 7.34. The van der Waals surface area contributed by atoms with E-state index in [9.17, 15) is 4.79 Å². The highest BCUT2D eigenvalue weighted by Crippen LogP contribution is 2.25. The first-order valence-electron chi connectivity index (χ1n) is 6.70. The molecule has 0 unspecified atom stereocenters. The van der Waals surface area contributed by atoms with Crippen LogP contribution in [0.1, 0.15) is 23.7 Å². The van der Waals surface area contributed by atoms with Crippen molar-refractivity contribution in [3.63, 3.8) is 0 Å². The van der Waals surface area contributed by atoms with Crippen LogP contribution in [0.3, 0.4) is 0 Å². The van der Waals surface area contributed by atoms with Gasteiger partial charge in [0.1, 0.15) is 0 Å². The van der Waals surface area contributed by atoms with Crippen LogP contribution in [0.4, 0.5) is 11.4 Å². The average molecular weight is 323 g/mol. The molecule has 2 rings (SSSR count). The summed E-state index contributed by atoms with van der Waals surface area (Å²) in [6.45, 7) is 3.01. The number of nitrogens with one attached hydrogen (secondary N) is 2. The fourth-order valence-corrected chi connectivity index (χ4v) is 2.08. The van der Waals surface area contributed by atoms with E-state index in [1.807, 2.05) is 12.1 Å². The number of hydrogen-bond acceptors (Lipinski definition) is 2. The van der Waals surface area contributed by atoms with E-state index in [-0.39, 0.29) is 5.91 Å². The molecular formula is C16H16Cl2N2O. The smallest absolute Gasteiger partial charge is 0.255 e. The Labute approximate surface area is 134 Å². The third-order valence-corrected chi connectivity index (χ3v) is 3.64. The fraction of sp³-hybridized carbons (Fsp3) is 0.188. The van der Waals surface area contributed by atoms with Crippen molar-refractivity contribution in [2.24, 2.45) is 0 Å². The van der Waals surface area contributed by atoms with E-state index in [4.69, 9.17) is 23.2 Å². The first-order chi connectivity index (χ1) is 10.1. The van der Waals surface area contributed by atoms with Crippen molar-refractivity contribution in [2.45, 2.75) is 13.3 Å². The monoisotopic (exact) mass is 322 g/mol. The molecular weight excluding hydrogens is 307 g/mol. The number of halogens is 2. The fourth-order valence-electron chi connectivity index (χ4n) is 1.79. The Morgan fingerprint density at radius 1 is 1.00 bits per heavy atom. The molecule has 0 aliphatic rings. The number of hydrogen-bond donors (Lipinski definition) is 2. The lowest BCUT2D eigenvalue weighted by Gasteiger charge is -2.08. The topological polar surface area (TPSA) is 41.1 Å². The summed E-state index contributed by atoms with van der Waals surface area (Å²) >= 11 is 11.8. The van der Waals surface area contributed by atoms with E-state index in [0.29, 0.717) is 21.3 Å². The first-order valence-corrected chi connectivity index (χ1v) is 7.46. The van der Waals surface area contributed by atoms with Crippen LogP contribution in [0.2, 0.25) is 10.0 Å². The van der Waals surface area contributed by atoms with Crippen molar-refractivity contribution in [3.05, 3.63) is 58.1 Å². The maximum atomic E-state index is 12.1. The van der Waals surface area contributed by atoms with Crippen LogP contribution in [-0.4, -0.2) is 12.5 Å². The van der Waals surface area contributed by atoms with Crippen LogP contribution in [0.25, 0.3) is 0 Å². The summed E-state index contributed by atoms with van der Waals surface area (Å²) in [5.41, 5.74) is 2.20. The number of rotatable bonds is 5. The van der Waals surface area contributed by atoms with Gasteiger partial charge in [-0.05, 0) is 48.9 Å². The predicted molar refractivity (Wildman–Crippen MR) is 89.6 cm³/mol. The minimum atomic E-state index is -0.185. The summed E-state index contributed by atoms with van der Waals surface area (Å²) in [6, 6.07) is 12.3. The van der Waals surface area contributed by atoms with E-state index in [1.54, 1.807) is 30.3 Å². The molecule has 0 aliphatic heterocycles. The molecule has 0 atom stereocenters. The highest BCUT2D eigenvalue weighted by molar-refractivity contribution is 6.42. The lowest BCUT2D eigenvalue weighted by molar-refractivity contribution is 0.102. The molecule has 2 N–H and O–H groups in total. The van der Waals surface area contributed by atoms with Gasteiger partial charge >= 0.3 is 0 Å². The molecule has 0 radical (unpaired) electrons. The molecule has 5 heteroatoms. The van der Waals surface area contributed by atoms with Crippen LogP contribution in [0.5, 0.6) is 0 Å². The lowest BCUT2D eigenvalue weighted by Crippen LogP contribution is -2.12. The number of amides is 1. The Bertz CT molecular complexity index is 627. The molecule has 0 heterocycles. The molecule has 0 spiro atoms. The van der Waals surface area contributed by atoms with Crippen molar-refractivity contribution >= 4 is 40.5 Å². The van der Waals surface area contributed by atoms with Crippen molar-refractivity contribution in [3.8, 4) is 0 Å². The lowest BCUT2D eigenvalue weighted by atomic mass is 10.2. The van der Waals surface area contributed by atoms with Gasteiger partial charge in [0, 0.05) is 23.5 Å². The molecule has 3 nitrogen and oxygen atoms in total. The van der Waals surface area contributed by atoms with Crippen molar-refractivity contribution in [2.75, 3.05) is 17.2 Å². The van der Waals surface area contributed by atoms with E-state index in [0.717, 1.165) is 18.7 Å². The van der Waals surface area contributed by atoms with Crippen molar-refractivity contribution < 1.29 is 4.79 Å². The van der Waals surface area contributed by atoms with Crippen LogP contribution in [0.15, 0.2) is 42.5 Å². The van der Waals surface area contributed by atoms with Gasteiger partial charge in [-0.25, -0.2) is 0 Å². The minimum Gasteiger partial charge on any atom is -0.385 e. The molecule has 21 heavy (non-hydrogen) atoms. The van der Waals surface area contributed by atoms with Crippen LogP contribution >= 0.6 is 23.2 Å². The Morgan fingerprint density at radius 3 is 2.29 bits per heavy atom. The molecule has 0 aromatic heterocycles. The number of carbonyl (C=O) groups excluding carboxylic acids is 1. The standard InChI is InChI=1S/C16H16Cl2N2O/c1-2-9-19-12-5-3-11(4-6-12)16(21)20-13-7-8-14(17)15(18)10-13/h3-8,10,19H,2,9H2,1H3,(H,20,21). The van der Waals surface area contributed by atoms with E-state index in [1.165, 1.54) is 0 Å². The van der Waals surface area contributed by atoms with Gasteiger partial charge < -0.3 is 10.6 Å². The third kappa shape index (κ3) is 4.38. The Kier molecular flexibility index (Phi) is 5.48. The summed E-state index contributed by atoms with van der Waals surface area (Å²) in [7, 11) is 0. The van der Waals surface area contributed by atoms with E-state index >= 15 is 0 Å². The van der Waals surface area contributed by atoms with Gasteiger partial charge in [0.15, 0.2) is 0 Å². The van der Waals surface area contributed by atoms with E-state index in [2.05, 4.69) is 17.6 Å². The molecule has 0 fully saturated rings. The highest BCUT2D eigenvalue weighted by Gasteiger charge is 2.07. The molecule has 0 aliphatic carbocycles. The Hall–Kier alpha value is -1.71. The van der Waals surface area contributed by atoms with Gasteiger partial charge in [0.25, 0.3) is 5.91 Å². The molecule has 2 aromatic rings. The number of benzene rings is 2. The van der Waals surface area contributed by atoms with Gasteiger partial charge in [0.05, 0.1) is 10.0 Å². The summed E-state index contributed by atoms with van der Waals surface area (Å²) in [5, 5.41) is 6.92. The quantitative estimate of drug-likeness (QED) is 0.807. The van der Waals surface area contributed by atoms with Crippen molar-refractivity contribution in [1.82, 2.24) is 0 Å². The molecule has 2 aromatic carbocycles. The molecule has 1 amide bonds. The average Bonchev–Trinajstić information content (AvgIpc) is 2.49. The van der Waals surface area contributed by atoms with Crippen LogP contribution < -0.4 is 10.6 Å². The SMILES string of the molecule is CCCNc1ccc(C(=O)Nc2ccc(Cl)c(Cl)c2)cc1. The largest absolute Gasteiger partial charge is 0.385 e. The summed E-state index contributed by atoms with van der Waals surface area (Å²) in [6.07, 6.45) is 1.06. The van der Waals surface area contributed by atoms with E-state index < -0.39 is 0 Å². The summed E-state index contributed by atoms with van der Waals surface area (Å²) in [5.74, 6) is -0.185. The van der Waals surface area contributed by atoms with Gasteiger partial charge in [0.2, 0.25) is 0 Å². The highest BCUT2D eigenvalue weighted by atomic mass is 35.5. The van der Waals surface area contributed by atoms with Crippen molar-refractivity contribution in [1.29, 1.82) is 0 Å².